The first kappa shape index (κ1) is 14.4. The van der Waals surface area contributed by atoms with E-state index in [1.807, 2.05) is 20.8 Å². The van der Waals surface area contributed by atoms with Gasteiger partial charge in [0.2, 0.25) is 0 Å². The van der Waals surface area contributed by atoms with E-state index in [2.05, 4.69) is 20.8 Å². The standard InChI is InChI=1S/C13H18FN5O/c1-4-15-9(3)13-16-17-18-19(13)10-6-7-12(20-5-2)11(14)8-10/h6-9,15H,4-5H2,1-3H3. The molecule has 0 bridgehead atoms. The molecule has 1 N–H and O–H groups in total. The zero-order valence-electron chi connectivity index (χ0n) is 11.8. The van der Waals surface area contributed by atoms with Gasteiger partial charge >= 0.3 is 0 Å². The Balaban J connectivity index is 2.33. The van der Waals surface area contributed by atoms with Gasteiger partial charge in [0.25, 0.3) is 0 Å². The molecule has 1 atom stereocenters. The second kappa shape index (κ2) is 6.42. The zero-order chi connectivity index (χ0) is 14.5. The number of halogens is 1. The van der Waals surface area contributed by atoms with Crippen LogP contribution in [0.3, 0.4) is 0 Å². The van der Waals surface area contributed by atoms with Crippen LogP contribution >= 0.6 is 0 Å². The third kappa shape index (κ3) is 2.93. The highest BCUT2D eigenvalue weighted by molar-refractivity contribution is 5.38. The van der Waals surface area contributed by atoms with Gasteiger partial charge in [-0.15, -0.1) is 5.10 Å². The van der Waals surface area contributed by atoms with Crippen LogP contribution in [0.25, 0.3) is 5.69 Å². The highest BCUT2D eigenvalue weighted by Gasteiger charge is 2.16. The van der Waals surface area contributed by atoms with Gasteiger partial charge in [-0.3, -0.25) is 0 Å². The molecule has 1 aromatic heterocycles. The second-order valence-electron chi connectivity index (χ2n) is 4.28. The molecular formula is C13H18FN5O. The van der Waals surface area contributed by atoms with Crippen LogP contribution in [0.4, 0.5) is 4.39 Å². The molecule has 0 saturated heterocycles. The molecule has 1 aromatic carbocycles. The van der Waals surface area contributed by atoms with Crippen LogP contribution in [0.2, 0.25) is 0 Å². The highest BCUT2D eigenvalue weighted by Crippen LogP contribution is 2.21. The monoisotopic (exact) mass is 279 g/mol. The van der Waals surface area contributed by atoms with Gasteiger partial charge in [-0.05, 0) is 43.0 Å². The Kier molecular flexibility index (Phi) is 4.62. The highest BCUT2D eigenvalue weighted by atomic mass is 19.1. The summed E-state index contributed by atoms with van der Waals surface area (Å²) in [4.78, 5) is 0. The van der Waals surface area contributed by atoms with E-state index in [1.54, 1.807) is 12.1 Å². The first-order chi connectivity index (χ1) is 9.67. The average Bonchev–Trinajstić information content (AvgIpc) is 2.91. The van der Waals surface area contributed by atoms with Gasteiger partial charge in [-0.25, -0.2) is 4.39 Å². The molecular weight excluding hydrogens is 261 g/mol. The van der Waals surface area contributed by atoms with Crippen LogP contribution < -0.4 is 10.1 Å². The summed E-state index contributed by atoms with van der Waals surface area (Å²) in [5.74, 6) is 0.433. The lowest BCUT2D eigenvalue weighted by molar-refractivity contribution is 0.321. The maximum absolute atomic E-state index is 13.9. The van der Waals surface area contributed by atoms with Crippen LogP contribution in [-0.2, 0) is 0 Å². The van der Waals surface area contributed by atoms with E-state index in [0.29, 0.717) is 18.1 Å². The van der Waals surface area contributed by atoms with Crippen molar-refractivity contribution in [3.05, 3.63) is 29.8 Å². The lowest BCUT2D eigenvalue weighted by Gasteiger charge is -2.12. The number of benzene rings is 1. The topological polar surface area (TPSA) is 64.9 Å². The Morgan fingerprint density at radius 2 is 2.20 bits per heavy atom. The van der Waals surface area contributed by atoms with Crippen LogP contribution in [0.1, 0.15) is 32.6 Å². The van der Waals surface area contributed by atoms with Crippen LogP contribution in [-0.4, -0.2) is 33.4 Å². The molecule has 20 heavy (non-hydrogen) atoms. The van der Waals surface area contributed by atoms with Gasteiger partial charge in [0.15, 0.2) is 17.4 Å². The average molecular weight is 279 g/mol. The molecule has 0 aliphatic carbocycles. The fourth-order valence-electron chi connectivity index (χ4n) is 1.94. The summed E-state index contributed by atoms with van der Waals surface area (Å²) in [6.45, 7) is 6.98. The molecule has 0 aliphatic rings. The Bertz CT molecular complexity index is 572. The lowest BCUT2D eigenvalue weighted by Crippen LogP contribution is -2.21. The fourth-order valence-corrected chi connectivity index (χ4v) is 1.94. The molecule has 2 rings (SSSR count). The number of nitrogens with zero attached hydrogens (tertiary/aromatic N) is 4. The van der Waals surface area contributed by atoms with Crippen molar-refractivity contribution in [1.29, 1.82) is 0 Å². The van der Waals surface area contributed by atoms with Crippen molar-refractivity contribution < 1.29 is 9.13 Å². The Hall–Kier alpha value is -2.02. The normalized spacial score (nSPS) is 12.4. The quantitative estimate of drug-likeness (QED) is 0.874. The van der Waals surface area contributed by atoms with E-state index in [0.717, 1.165) is 6.54 Å². The van der Waals surface area contributed by atoms with E-state index in [4.69, 9.17) is 4.74 Å². The van der Waals surface area contributed by atoms with E-state index in [9.17, 15) is 4.39 Å². The SMILES string of the molecule is CCNC(C)c1nnnn1-c1ccc(OCC)c(F)c1. The molecule has 0 spiro atoms. The molecule has 2 aromatic rings. The van der Waals surface area contributed by atoms with Crippen molar-refractivity contribution in [3.8, 4) is 11.4 Å². The van der Waals surface area contributed by atoms with Crippen molar-refractivity contribution in [3.63, 3.8) is 0 Å². The lowest BCUT2D eigenvalue weighted by atomic mass is 10.2. The molecule has 6 nitrogen and oxygen atoms in total. The molecule has 1 unspecified atom stereocenters. The summed E-state index contributed by atoms with van der Waals surface area (Å²) in [7, 11) is 0. The van der Waals surface area contributed by atoms with Crippen molar-refractivity contribution in [1.82, 2.24) is 25.5 Å². The minimum atomic E-state index is -0.429. The predicted molar refractivity (Wildman–Crippen MR) is 72.4 cm³/mol. The van der Waals surface area contributed by atoms with E-state index in [1.165, 1.54) is 10.7 Å². The van der Waals surface area contributed by atoms with Crippen LogP contribution in [0.15, 0.2) is 18.2 Å². The first-order valence-corrected chi connectivity index (χ1v) is 6.61. The van der Waals surface area contributed by atoms with E-state index in [-0.39, 0.29) is 11.8 Å². The van der Waals surface area contributed by atoms with Crippen molar-refractivity contribution in [2.75, 3.05) is 13.2 Å². The fraction of sp³-hybridized carbons (Fsp3) is 0.462. The number of nitrogens with one attached hydrogen (secondary N) is 1. The zero-order valence-corrected chi connectivity index (χ0v) is 11.8. The summed E-state index contributed by atoms with van der Waals surface area (Å²) in [5.41, 5.74) is 0.565. The van der Waals surface area contributed by atoms with Gasteiger partial charge in [0, 0.05) is 6.07 Å². The van der Waals surface area contributed by atoms with Gasteiger partial charge in [-0.2, -0.15) is 4.68 Å². The molecule has 0 aliphatic heterocycles. The third-order valence-corrected chi connectivity index (χ3v) is 2.85. The smallest absolute Gasteiger partial charge is 0.173 e. The van der Waals surface area contributed by atoms with Crippen molar-refractivity contribution >= 4 is 0 Å². The Morgan fingerprint density at radius 3 is 2.85 bits per heavy atom. The molecule has 0 radical (unpaired) electrons. The van der Waals surface area contributed by atoms with Gasteiger partial charge in [-0.1, -0.05) is 6.92 Å². The summed E-state index contributed by atoms with van der Waals surface area (Å²) >= 11 is 0. The van der Waals surface area contributed by atoms with Gasteiger partial charge in [0.05, 0.1) is 18.3 Å². The van der Waals surface area contributed by atoms with Gasteiger partial charge < -0.3 is 10.1 Å². The largest absolute Gasteiger partial charge is 0.491 e. The minimum absolute atomic E-state index is 0.0235. The maximum Gasteiger partial charge on any atom is 0.173 e. The minimum Gasteiger partial charge on any atom is -0.491 e. The molecule has 0 fully saturated rings. The summed E-state index contributed by atoms with van der Waals surface area (Å²) < 4.78 is 20.6. The van der Waals surface area contributed by atoms with Crippen LogP contribution in [0, 0.1) is 5.82 Å². The summed E-state index contributed by atoms with van der Waals surface area (Å²) in [6, 6.07) is 4.65. The molecule has 0 amide bonds. The van der Waals surface area contributed by atoms with E-state index >= 15 is 0 Å². The number of rotatable bonds is 6. The van der Waals surface area contributed by atoms with Crippen LogP contribution in [0.5, 0.6) is 5.75 Å². The number of aromatic nitrogens is 4. The van der Waals surface area contributed by atoms with Crippen molar-refractivity contribution in [2.24, 2.45) is 0 Å². The second-order valence-corrected chi connectivity index (χ2v) is 4.28. The molecule has 7 heteroatoms. The summed E-state index contributed by atoms with van der Waals surface area (Å²) in [6.07, 6.45) is 0. The molecule has 1 heterocycles. The first-order valence-electron chi connectivity index (χ1n) is 6.61. The molecule has 0 saturated carbocycles. The predicted octanol–water partition coefficient (Wildman–Crippen LogP) is 1.87. The Morgan fingerprint density at radius 1 is 1.40 bits per heavy atom. The number of hydrogen-bond acceptors (Lipinski definition) is 5. The number of ether oxygens (including phenoxy) is 1. The number of hydrogen-bond donors (Lipinski definition) is 1. The van der Waals surface area contributed by atoms with Crippen molar-refractivity contribution in [2.45, 2.75) is 26.8 Å². The number of tetrazole rings is 1. The summed E-state index contributed by atoms with van der Waals surface area (Å²) in [5, 5.41) is 14.8. The van der Waals surface area contributed by atoms with E-state index < -0.39 is 5.82 Å². The third-order valence-electron chi connectivity index (χ3n) is 2.85. The molecule has 108 valence electrons. The van der Waals surface area contributed by atoms with Gasteiger partial charge in [0.1, 0.15) is 0 Å². The maximum atomic E-state index is 13.9. The Labute approximate surface area is 116 Å².